The van der Waals surface area contributed by atoms with Crippen LogP contribution in [0, 0.1) is 13.8 Å². The lowest BCUT2D eigenvalue weighted by molar-refractivity contribution is -0.147. The molecule has 0 aliphatic heterocycles. The molecule has 0 saturated carbocycles. The van der Waals surface area contributed by atoms with Crippen LogP contribution in [0.5, 0.6) is 0 Å². The van der Waals surface area contributed by atoms with E-state index in [2.05, 4.69) is 10.6 Å². The van der Waals surface area contributed by atoms with Crippen LogP contribution in [0.1, 0.15) is 54.1 Å². The fourth-order valence-electron chi connectivity index (χ4n) is 2.88. The van der Waals surface area contributed by atoms with E-state index in [1.165, 1.54) is 0 Å². The van der Waals surface area contributed by atoms with Crippen molar-refractivity contribution >= 4 is 35.1 Å². The van der Waals surface area contributed by atoms with Crippen LogP contribution >= 0.6 is 0 Å². The quantitative estimate of drug-likeness (QED) is 0.493. The average molecular weight is 455 g/mol. The minimum Gasteiger partial charge on any atom is -0.462 e. The van der Waals surface area contributed by atoms with Crippen molar-refractivity contribution < 1.29 is 28.7 Å². The molecular formula is C25H30N2O6. The molecule has 0 aromatic heterocycles. The van der Waals surface area contributed by atoms with E-state index in [0.29, 0.717) is 23.5 Å². The Morgan fingerprint density at radius 1 is 0.848 bits per heavy atom. The molecule has 0 unspecified atom stereocenters. The third-order valence-corrected chi connectivity index (χ3v) is 4.87. The normalized spacial score (nSPS) is 10.3. The Morgan fingerprint density at radius 3 is 2.27 bits per heavy atom. The fraction of sp³-hybridized carbons (Fsp3) is 0.360. The van der Waals surface area contributed by atoms with Gasteiger partial charge >= 0.3 is 11.9 Å². The van der Waals surface area contributed by atoms with E-state index in [0.717, 1.165) is 17.5 Å². The van der Waals surface area contributed by atoms with Crippen molar-refractivity contribution in [2.45, 2.75) is 46.5 Å². The van der Waals surface area contributed by atoms with Gasteiger partial charge in [0.15, 0.2) is 6.61 Å². The number of amides is 2. The predicted molar refractivity (Wildman–Crippen MR) is 125 cm³/mol. The van der Waals surface area contributed by atoms with E-state index in [9.17, 15) is 19.2 Å². The first kappa shape index (κ1) is 25.6. The molecule has 0 spiro atoms. The second-order valence-corrected chi connectivity index (χ2v) is 7.57. The lowest BCUT2D eigenvalue weighted by Crippen LogP contribution is -2.21. The molecule has 2 N–H and O–H groups in total. The highest BCUT2D eigenvalue weighted by molar-refractivity contribution is 5.94. The smallest absolute Gasteiger partial charge is 0.338 e. The minimum absolute atomic E-state index is 0.0202. The molecule has 8 nitrogen and oxygen atoms in total. The van der Waals surface area contributed by atoms with Gasteiger partial charge in [0, 0.05) is 24.2 Å². The standard InChI is InChI=1S/C25H30N2O6/c1-4-15-32-25(31)19-11-13-20(14-12-19)26-22(28)9-6-10-24(30)33-16-23(29)27-21-8-5-7-17(2)18(21)3/h5,7-8,11-14H,4,6,9-10,15-16H2,1-3H3,(H,26,28)(H,27,29). The number of nitrogens with one attached hydrogen (secondary N) is 2. The summed E-state index contributed by atoms with van der Waals surface area (Å²) in [6.07, 6.45) is 1.16. The second kappa shape index (κ2) is 13.0. The van der Waals surface area contributed by atoms with E-state index in [1.54, 1.807) is 30.3 Å². The summed E-state index contributed by atoms with van der Waals surface area (Å²) in [5, 5.41) is 5.42. The van der Waals surface area contributed by atoms with Crippen molar-refractivity contribution in [3.8, 4) is 0 Å². The zero-order valence-electron chi connectivity index (χ0n) is 19.2. The van der Waals surface area contributed by atoms with Crippen molar-refractivity contribution in [2.75, 3.05) is 23.8 Å². The highest BCUT2D eigenvalue weighted by Gasteiger charge is 2.11. The van der Waals surface area contributed by atoms with Crippen molar-refractivity contribution in [3.63, 3.8) is 0 Å². The summed E-state index contributed by atoms with van der Waals surface area (Å²) < 4.78 is 10.0. The molecule has 0 saturated heterocycles. The van der Waals surface area contributed by atoms with Crippen LogP contribution in [0.25, 0.3) is 0 Å². The van der Waals surface area contributed by atoms with Crippen LogP contribution in [0.3, 0.4) is 0 Å². The maximum atomic E-state index is 12.1. The van der Waals surface area contributed by atoms with Gasteiger partial charge in [0.2, 0.25) is 5.91 Å². The number of hydrogen-bond acceptors (Lipinski definition) is 6. The summed E-state index contributed by atoms with van der Waals surface area (Å²) in [6.45, 7) is 5.73. The van der Waals surface area contributed by atoms with Gasteiger partial charge in [0.25, 0.3) is 5.91 Å². The number of hydrogen-bond donors (Lipinski definition) is 2. The first-order chi connectivity index (χ1) is 15.8. The van der Waals surface area contributed by atoms with E-state index < -0.39 is 17.8 Å². The third kappa shape index (κ3) is 8.76. The van der Waals surface area contributed by atoms with E-state index >= 15 is 0 Å². The highest BCUT2D eigenvalue weighted by Crippen LogP contribution is 2.17. The maximum absolute atomic E-state index is 12.1. The summed E-state index contributed by atoms with van der Waals surface area (Å²) >= 11 is 0. The lowest BCUT2D eigenvalue weighted by atomic mass is 10.1. The van der Waals surface area contributed by atoms with Gasteiger partial charge < -0.3 is 20.1 Å². The Bertz CT molecular complexity index is 985. The van der Waals surface area contributed by atoms with Crippen LogP contribution in [0.15, 0.2) is 42.5 Å². The number of aryl methyl sites for hydroxylation is 1. The number of carbonyl (C=O) groups excluding carboxylic acids is 4. The molecular weight excluding hydrogens is 424 g/mol. The Labute approximate surface area is 193 Å². The summed E-state index contributed by atoms with van der Waals surface area (Å²) in [7, 11) is 0. The van der Waals surface area contributed by atoms with Crippen molar-refractivity contribution in [2.24, 2.45) is 0 Å². The SMILES string of the molecule is CCCOC(=O)c1ccc(NC(=O)CCCC(=O)OCC(=O)Nc2cccc(C)c2C)cc1. The van der Waals surface area contributed by atoms with Crippen LogP contribution in [0.4, 0.5) is 11.4 Å². The molecule has 0 radical (unpaired) electrons. The second-order valence-electron chi connectivity index (χ2n) is 7.57. The number of benzene rings is 2. The summed E-state index contributed by atoms with van der Waals surface area (Å²) in [4.78, 5) is 47.7. The third-order valence-electron chi connectivity index (χ3n) is 4.87. The number of anilines is 2. The van der Waals surface area contributed by atoms with Crippen molar-refractivity contribution in [1.82, 2.24) is 0 Å². The van der Waals surface area contributed by atoms with Gasteiger partial charge in [-0.25, -0.2) is 4.79 Å². The first-order valence-electron chi connectivity index (χ1n) is 10.9. The van der Waals surface area contributed by atoms with E-state index in [1.807, 2.05) is 32.9 Å². The fourth-order valence-corrected chi connectivity index (χ4v) is 2.88. The molecule has 0 bridgehead atoms. The van der Waals surface area contributed by atoms with Crippen LogP contribution in [0.2, 0.25) is 0 Å². The topological polar surface area (TPSA) is 111 Å². The van der Waals surface area contributed by atoms with Gasteiger partial charge in [-0.2, -0.15) is 0 Å². The average Bonchev–Trinajstić information content (AvgIpc) is 2.79. The molecule has 2 aromatic rings. The monoisotopic (exact) mass is 454 g/mol. The van der Waals surface area contributed by atoms with Gasteiger partial charge in [-0.05, 0) is 68.1 Å². The highest BCUT2D eigenvalue weighted by atomic mass is 16.5. The van der Waals surface area contributed by atoms with E-state index in [4.69, 9.17) is 9.47 Å². The lowest BCUT2D eigenvalue weighted by Gasteiger charge is -2.10. The van der Waals surface area contributed by atoms with Crippen LogP contribution in [-0.2, 0) is 23.9 Å². The summed E-state index contributed by atoms with van der Waals surface area (Å²) in [5.41, 5.74) is 3.63. The number of carbonyl (C=O) groups is 4. The first-order valence-corrected chi connectivity index (χ1v) is 10.9. The van der Waals surface area contributed by atoms with Crippen LogP contribution in [-0.4, -0.2) is 37.0 Å². The molecule has 2 aromatic carbocycles. The van der Waals surface area contributed by atoms with Crippen molar-refractivity contribution in [3.05, 3.63) is 59.2 Å². The van der Waals surface area contributed by atoms with Gasteiger partial charge in [-0.1, -0.05) is 19.1 Å². The Balaban J connectivity index is 1.66. The van der Waals surface area contributed by atoms with Gasteiger partial charge in [0.1, 0.15) is 0 Å². The largest absolute Gasteiger partial charge is 0.462 e. The number of rotatable bonds is 11. The zero-order chi connectivity index (χ0) is 24.2. The van der Waals surface area contributed by atoms with Crippen LogP contribution < -0.4 is 10.6 Å². The Morgan fingerprint density at radius 2 is 1.58 bits per heavy atom. The number of ether oxygens (including phenoxy) is 2. The van der Waals surface area contributed by atoms with E-state index in [-0.39, 0.29) is 31.8 Å². The molecule has 0 heterocycles. The molecule has 2 rings (SSSR count). The molecule has 0 fully saturated rings. The van der Waals surface area contributed by atoms with Gasteiger partial charge in [-0.15, -0.1) is 0 Å². The molecule has 0 aliphatic rings. The molecule has 33 heavy (non-hydrogen) atoms. The maximum Gasteiger partial charge on any atom is 0.338 e. The molecule has 8 heteroatoms. The van der Waals surface area contributed by atoms with Crippen molar-refractivity contribution in [1.29, 1.82) is 0 Å². The Kier molecular flexibility index (Phi) is 10.1. The van der Waals surface area contributed by atoms with Gasteiger partial charge in [-0.3, -0.25) is 14.4 Å². The molecule has 0 atom stereocenters. The Hall–Kier alpha value is -3.68. The predicted octanol–water partition coefficient (Wildman–Crippen LogP) is 4.16. The number of esters is 2. The summed E-state index contributed by atoms with van der Waals surface area (Å²) in [5.74, 6) is -1.64. The molecule has 176 valence electrons. The zero-order valence-corrected chi connectivity index (χ0v) is 19.2. The van der Waals surface area contributed by atoms with Gasteiger partial charge in [0.05, 0.1) is 12.2 Å². The molecule has 0 aliphatic carbocycles. The summed E-state index contributed by atoms with van der Waals surface area (Å²) in [6, 6.07) is 12.0. The molecule has 2 amide bonds. The minimum atomic E-state index is -0.547.